The van der Waals surface area contributed by atoms with Crippen molar-refractivity contribution in [3.05, 3.63) is 47.8 Å². The van der Waals surface area contributed by atoms with Crippen molar-refractivity contribution >= 4 is 0 Å². The minimum absolute atomic E-state index is 0.712. The molecule has 2 aliphatic rings. The zero-order valence-corrected chi connectivity index (χ0v) is 18.1. The zero-order valence-electron chi connectivity index (χ0n) is 18.1. The Labute approximate surface area is 173 Å². The summed E-state index contributed by atoms with van der Waals surface area (Å²) in [5, 5.41) is 0. The molecule has 0 radical (unpaired) electrons. The van der Waals surface area contributed by atoms with E-state index in [-0.39, 0.29) is 0 Å². The van der Waals surface area contributed by atoms with Crippen molar-refractivity contribution < 1.29 is 4.39 Å². The van der Waals surface area contributed by atoms with E-state index in [1.54, 1.807) is 11.6 Å². The molecule has 0 saturated heterocycles. The van der Waals surface area contributed by atoms with Gasteiger partial charge in [0.2, 0.25) is 0 Å². The Morgan fingerprint density at radius 3 is 2.11 bits per heavy atom. The van der Waals surface area contributed by atoms with Gasteiger partial charge in [-0.1, -0.05) is 62.9 Å². The third-order valence-corrected chi connectivity index (χ3v) is 7.68. The lowest BCUT2D eigenvalue weighted by Crippen LogP contribution is -2.25. The molecule has 1 aromatic carbocycles. The fourth-order valence-corrected chi connectivity index (χ4v) is 5.80. The van der Waals surface area contributed by atoms with E-state index in [1.807, 2.05) is 0 Å². The number of benzene rings is 1. The third-order valence-electron chi connectivity index (χ3n) is 7.68. The van der Waals surface area contributed by atoms with E-state index in [2.05, 4.69) is 31.2 Å². The summed E-state index contributed by atoms with van der Waals surface area (Å²) in [6.07, 6.45) is 21.0. The van der Waals surface area contributed by atoms with Gasteiger partial charge in [0.25, 0.3) is 0 Å². The van der Waals surface area contributed by atoms with Gasteiger partial charge in [-0.15, -0.1) is 0 Å². The van der Waals surface area contributed by atoms with Crippen LogP contribution in [0.25, 0.3) is 0 Å². The van der Waals surface area contributed by atoms with Crippen LogP contribution in [-0.4, -0.2) is 0 Å². The predicted octanol–water partition coefficient (Wildman–Crippen LogP) is 8.76. The molecule has 156 valence electrons. The molecule has 1 heteroatoms. The Morgan fingerprint density at radius 2 is 1.50 bits per heavy atom. The van der Waals surface area contributed by atoms with Crippen molar-refractivity contribution in [3.63, 3.8) is 0 Å². The van der Waals surface area contributed by atoms with Crippen LogP contribution in [0.4, 0.5) is 4.39 Å². The highest BCUT2D eigenvalue weighted by Crippen LogP contribution is 2.44. The Morgan fingerprint density at radius 1 is 0.857 bits per heavy atom. The van der Waals surface area contributed by atoms with Crippen LogP contribution in [-0.2, 0) is 6.42 Å². The van der Waals surface area contributed by atoms with Gasteiger partial charge in [-0.2, -0.15) is 0 Å². The van der Waals surface area contributed by atoms with Gasteiger partial charge in [-0.3, -0.25) is 0 Å². The van der Waals surface area contributed by atoms with Crippen LogP contribution in [0.2, 0.25) is 0 Å². The topological polar surface area (TPSA) is 0 Å². The average molecular weight is 385 g/mol. The van der Waals surface area contributed by atoms with Gasteiger partial charge >= 0.3 is 0 Å². The fourth-order valence-electron chi connectivity index (χ4n) is 5.80. The van der Waals surface area contributed by atoms with E-state index in [1.165, 1.54) is 89.0 Å². The van der Waals surface area contributed by atoms with Gasteiger partial charge in [0.1, 0.15) is 0 Å². The maximum Gasteiger partial charge on any atom is 0.0827 e. The molecule has 0 aromatic heterocycles. The molecule has 0 nitrogen and oxygen atoms in total. The van der Waals surface area contributed by atoms with Crippen LogP contribution < -0.4 is 0 Å². The molecule has 0 amide bonds. The second kappa shape index (κ2) is 11.8. The summed E-state index contributed by atoms with van der Waals surface area (Å²) in [7, 11) is 0. The number of unbranched alkanes of at least 4 members (excludes halogenated alkanes) is 2. The summed E-state index contributed by atoms with van der Waals surface area (Å²) in [4.78, 5) is 0. The fraction of sp³-hybridized carbons (Fsp3) is 0.704. The summed E-state index contributed by atoms with van der Waals surface area (Å²) < 4.78 is 12.1. The predicted molar refractivity (Wildman–Crippen MR) is 119 cm³/mol. The van der Waals surface area contributed by atoms with Crippen molar-refractivity contribution in [2.75, 3.05) is 0 Å². The van der Waals surface area contributed by atoms with E-state index in [0.29, 0.717) is 6.33 Å². The number of halogens is 1. The lowest BCUT2D eigenvalue weighted by Gasteiger charge is -2.38. The summed E-state index contributed by atoms with van der Waals surface area (Å²) in [5.41, 5.74) is 3.10. The van der Waals surface area contributed by atoms with Crippen molar-refractivity contribution in [1.82, 2.24) is 0 Å². The molecule has 0 unspecified atom stereocenters. The lowest BCUT2D eigenvalue weighted by atomic mass is 9.68. The van der Waals surface area contributed by atoms with E-state index in [9.17, 15) is 4.39 Å². The first kappa shape index (κ1) is 21.6. The summed E-state index contributed by atoms with van der Waals surface area (Å²) in [6, 6.07) is 9.61. The molecule has 28 heavy (non-hydrogen) atoms. The van der Waals surface area contributed by atoms with Gasteiger partial charge in [-0.25, -0.2) is 4.39 Å². The largest absolute Gasteiger partial charge is 0.216 e. The van der Waals surface area contributed by atoms with Crippen molar-refractivity contribution in [1.29, 1.82) is 0 Å². The second-order valence-corrected chi connectivity index (χ2v) is 9.53. The molecular formula is C27H41F. The van der Waals surface area contributed by atoms with Gasteiger partial charge in [-0.05, 0) is 99.0 Å². The monoisotopic (exact) mass is 384 g/mol. The first-order chi connectivity index (χ1) is 13.8. The Hall–Kier alpha value is -1.11. The molecule has 2 aliphatic carbocycles. The molecule has 2 saturated carbocycles. The zero-order chi connectivity index (χ0) is 19.6. The number of rotatable bonds is 9. The molecule has 0 N–H and O–H groups in total. The van der Waals surface area contributed by atoms with Crippen molar-refractivity contribution in [3.8, 4) is 0 Å². The van der Waals surface area contributed by atoms with Crippen molar-refractivity contribution in [2.45, 2.75) is 103 Å². The van der Waals surface area contributed by atoms with E-state index in [0.717, 1.165) is 30.1 Å². The minimum Gasteiger partial charge on any atom is -0.216 e. The smallest absolute Gasteiger partial charge is 0.0827 e. The van der Waals surface area contributed by atoms with E-state index in [4.69, 9.17) is 0 Å². The van der Waals surface area contributed by atoms with Gasteiger partial charge in [0, 0.05) is 0 Å². The summed E-state index contributed by atoms with van der Waals surface area (Å²) in [5.74, 6) is 3.58. The third kappa shape index (κ3) is 6.46. The van der Waals surface area contributed by atoms with E-state index < -0.39 is 0 Å². The first-order valence-electron chi connectivity index (χ1n) is 12.1. The van der Waals surface area contributed by atoms with Crippen LogP contribution in [0.15, 0.2) is 36.7 Å². The molecule has 0 aliphatic heterocycles. The van der Waals surface area contributed by atoms with Crippen LogP contribution in [0.1, 0.15) is 107 Å². The quantitative estimate of drug-likeness (QED) is 0.373. The average Bonchev–Trinajstić information content (AvgIpc) is 2.75. The maximum atomic E-state index is 12.1. The Balaban J connectivity index is 1.39. The molecular weight excluding hydrogens is 343 g/mol. The van der Waals surface area contributed by atoms with Gasteiger partial charge in [0.15, 0.2) is 0 Å². The molecule has 0 spiro atoms. The number of aryl methyl sites for hydroxylation is 1. The minimum atomic E-state index is 0.712. The Bertz CT molecular complexity index is 556. The van der Waals surface area contributed by atoms with Crippen LogP contribution in [0.5, 0.6) is 0 Å². The van der Waals surface area contributed by atoms with Crippen molar-refractivity contribution in [2.24, 2.45) is 17.8 Å². The molecule has 0 atom stereocenters. The summed E-state index contributed by atoms with van der Waals surface area (Å²) in [6.45, 7) is 2.28. The van der Waals surface area contributed by atoms with Gasteiger partial charge in [0.05, 0.1) is 6.33 Å². The highest BCUT2D eigenvalue weighted by Gasteiger charge is 2.31. The second-order valence-electron chi connectivity index (χ2n) is 9.53. The van der Waals surface area contributed by atoms with E-state index >= 15 is 0 Å². The SMILES string of the molecule is CCCCCc1ccc(C2CCC(C3CCC(CCC=CF)CC3)CC2)cc1. The highest BCUT2D eigenvalue weighted by molar-refractivity contribution is 5.26. The van der Waals surface area contributed by atoms with Gasteiger partial charge < -0.3 is 0 Å². The molecule has 0 bridgehead atoms. The van der Waals surface area contributed by atoms with Crippen LogP contribution in [0.3, 0.4) is 0 Å². The maximum absolute atomic E-state index is 12.1. The number of allylic oxidation sites excluding steroid dienone is 1. The normalized spacial score (nSPS) is 28.6. The number of hydrogen-bond donors (Lipinski definition) is 0. The summed E-state index contributed by atoms with van der Waals surface area (Å²) >= 11 is 0. The highest BCUT2D eigenvalue weighted by atomic mass is 19.1. The lowest BCUT2D eigenvalue weighted by molar-refractivity contribution is 0.157. The molecule has 3 rings (SSSR count). The molecule has 1 aromatic rings. The number of hydrogen-bond acceptors (Lipinski definition) is 0. The van der Waals surface area contributed by atoms with Crippen LogP contribution >= 0.6 is 0 Å². The first-order valence-corrected chi connectivity index (χ1v) is 12.1. The Kier molecular flexibility index (Phi) is 9.09. The molecule has 0 heterocycles. The van der Waals surface area contributed by atoms with Crippen LogP contribution in [0, 0.1) is 17.8 Å². The standard InChI is InChI=1S/C27H41F/c1-2-3-4-7-22-9-13-24(14-10-22)26-17-19-27(20-18-26)25-15-11-23(12-16-25)8-5-6-21-28/h6,9-10,13-14,21,23,25-27H,2-5,7-8,11-12,15-20H2,1H3. The molecule has 2 fully saturated rings.